The van der Waals surface area contributed by atoms with Crippen LogP contribution in [-0.2, 0) is 0 Å². The summed E-state index contributed by atoms with van der Waals surface area (Å²) in [6.45, 7) is 1.71. The summed E-state index contributed by atoms with van der Waals surface area (Å²) < 4.78 is 0. The third-order valence-corrected chi connectivity index (χ3v) is 3.77. The van der Waals surface area contributed by atoms with Gasteiger partial charge in [-0.3, -0.25) is 0 Å². The number of carboxylic acids is 1. The first kappa shape index (κ1) is 14.4. The van der Waals surface area contributed by atoms with E-state index in [0.29, 0.717) is 32.7 Å². The highest BCUT2D eigenvalue weighted by atomic mass is 35.5. The second kappa shape index (κ2) is 5.31. The zero-order chi connectivity index (χ0) is 15.9. The molecule has 1 aromatic heterocycles. The number of halogens is 1. The molecule has 0 amide bonds. The molecular formula is C17H11ClNO3-. The predicted octanol–water partition coefficient (Wildman–Crippen LogP) is 3.64. The Bertz CT molecular complexity index is 889. The number of benzene rings is 2. The number of pyridine rings is 1. The van der Waals surface area contributed by atoms with Gasteiger partial charge in [-0.1, -0.05) is 35.9 Å². The highest BCUT2D eigenvalue weighted by Crippen LogP contribution is 2.31. The van der Waals surface area contributed by atoms with Crippen LogP contribution in [0, 0.1) is 6.92 Å². The number of hydrogen-bond donors (Lipinski definition) is 1. The lowest BCUT2D eigenvalue weighted by Crippen LogP contribution is -2.05. The van der Waals surface area contributed by atoms with E-state index in [-0.39, 0.29) is 11.3 Å². The maximum absolute atomic E-state index is 11.7. The van der Waals surface area contributed by atoms with Crippen LogP contribution in [0.3, 0.4) is 0 Å². The molecule has 1 N–H and O–H groups in total. The molecule has 3 aromatic rings. The van der Waals surface area contributed by atoms with E-state index < -0.39 is 5.97 Å². The summed E-state index contributed by atoms with van der Waals surface area (Å²) in [4.78, 5) is 16.2. The van der Waals surface area contributed by atoms with Gasteiger partial charge in [-0.05, 0) is 30.7 Å². The highest BCUT2D eigenvalue weighted by Gasteiger charge is 2.18. The van der Waals surface area contributed by atoms with Gasteiger partial charge in [0.05, 0.1) is 16.8 Å². The first-order valence-corrected chi connectivity index (χ1v) is 6.96. The highest BCUT2D eigenvalue weighted by molar-refractivity contribution is 6.31. The second-order valence-electron chi connectivity index (χ2n) is 4.95. The Kier molecular flexibility index (Phi) is 3.47. The van der Waals surface area contributed by atoms with Crippen molar-refractivity contribution in [3.8, 4) is 17.0 Å². The number of aromatic carboxylic acids is 1. The molecule has 0 saturated heterocycles. The van der Waals surface area contributed by atoms with Crippen LogP contribution in [0.2, 0.25) is 5.02 Å². The van der Waals surface area contributed by atoms with Crippen molar-refractivity contribution in [2.75, 3.05) is 0 Å². The number of fused-ring (bicyclic) bond motifs is 1. The van der Waals surface area contributed by atoms with E-state index in [1.807, 2.05) is 0 Å². The number of carboxylic acid groups (broad SMARTS) is 1. The van der Waals surface area contributed by atoms with Crippen molar-refractivity contribution >= 4 is 28.5 Å². The van der Waals surface area contributed by atoms with Gasteiger partial charge in [0.25, 0.3) is 0 Å². The fourth-order valence-electron chi connectivity index (χ4n) is 2.50. The van der Waals surface area contributed by atoms with E-state index in [9.17, 15) is 15.0 Å². The molecule has 0 aliphatic rings. The van der Waals surface area contributed by atoms with Gasteiger partial charge >= 0.3 is 5.97 Å². The Morgan fingerprint density at radius 1 is 1.18 bits per heavy atom. The zero-order valence-corrected chi connectivity index (χ0v) is 12.4. The molecule has 0 saturated carbocycles. The van der Waals surface area contributed by atoms with Crippen LogP contribution in [0.5, 0.6) is 5.75 Å². The van der Waals surface area contributed by atoms with Crippen molar-refractivity contribution in [3.05, 3.63) is 58.6 Å². The Balaban J connectivity index is 2.37. The summed E-state index contributed by atoms with van der Waals surface area (Å²) in [5.41, 5.74) is 2.52. The van der Waals surface area contributed by atoms with Crippen molar-refractivity contribution in [1.82, 2.24) is 4.98 Å². The lowest BCUT2D eigenvalue weighted by atomic mass is 9.98. The molecule has 0 aliphatic carbocycles. The number of hydrogen-bond acceptors (Lipinski definition) is 3. The molecule has 0 atom stereocenters. The average Bonchev–Trinajstić information content (AvgIpc) is 2.47. The fourth-order valence-corrected chi connectivity index (χ4v) is 2.67. The van der Waals surface area contributed by atoms with Crippen molar-refractivity contribution in [1.29, 1.82) is 0 Å². The van der Waals surface area contributed by atoms with E-state index in [1.165, 1.54) is 12.1 Å². The van der Waals surface area contributed by atoms with Crippen molar-refractivity contribution in [2.45, 2.75) is 6.92 Å². The summed E-state index contributed by atoms with van der Waals surface area (Å²) in [7, 11) is 0. The Labute approximate surface area is 131 Å². The molecule has 0 radical (unpaired) electrons. The SMILES string of the molecule is Cc1c(-c2ccc([O-])cc2)nc2ccc(Cl)cc2c1C(=O)O. The zero-order valence-electron chi connectivity index (χ0n) is 11.6. The van der Waals surface area contributed by atoms with Crippen molar-refractivity contribution in [2.24, 2.45) is 0 Å². The van der Waals surface area contributed by atoms with E-state index >= 15 is 0 Å². The summed E-state index contributed by atoms with van der Waals surface area (Å²) in [5.74, 6) is -1.14. The topological polar surface area (TPSA) is 73.2 Å². The minimum Gasteiger partial charge on any atom is -0.872 e. The van der Waals surface area contributed by atoms with Gasteiger partial charge in [-0.2, -0.15) is 0 Å². The van der Waals surface area contributed by atoms with E-state index in [0.717, 1.165) is 0 Å². The maximum Gasteiger partial charge on any atom is 0.336 e. The third-order valence-electron chi connectivity index (χ3n) is 3.53. The van der Waals surface area contributed by atoms with Crippen LogP contribution in [0.1, 0.15) is 15.9 Å². The number of nitrogens with zero attached hydrogens (tertiary/aromatic N) is 1. The molecule has 2 aromatic carbocycles. The number of carbonyl (C=O) groups is 1. The molecule has 0 fully saturated rings. The van der Waals surface area contributed by atoms with Crippen molar-refractivity contribution < 1.29 is 15.0 Å². The number of aromatic nitrogens is 1. The summed E-state index contributed by atoms with van der Waals surface area (Å²) >= 11 is 5.97. The van der Waals surface area contributed by atoms with Crippen molar-refractivity contribution in [3.63, 3.8) is 0 Å². The second-order valence-corrected chi connectivity index (χ2v) is 5.39. The Morgan fingerprint density at radius 3 is 2.50 bits per heavy atom. The first-order valence-electron chi connectivity index (χ1n) is 6.58. The minimum atomic E-state index is -1.03. The Hall–Kier alpha value is -2.59. The molecule has 22 heavy (non-hydrogen) atoms. The molecule has 0 aliphatic heterocycles. The molecule has 0 bridgehead atoms. The van der Waals surface area contributed by atoms with E-state index in [1.54, 1.807) is 37.3 Å². The predicted molar refractivity (Wildman–Crippen MR) is 83.3 cm³/mol. The molecule has 3 rings (SSSR count). The van der Waals surface area contributed by atoms with Crippen LogP contribution in [0.15, 0.2) is 42.5 Å². The van der Waals surface area contributed by atoms with Gasteiger partial charge in [-0.15, -0.1) is 5.75 Å². The van der Waals surface area contributed by atoms with Crippen LogP contribution in [0.4, 0.5) is 0 Å². The molecule has 110 valence electrons. The summed E-state index contributed by atoms with van der Waals surface area (Å²) in [6.07, 6.45) is 0. The van der Waals surface area contributed by atoms with Crippen LogP contribution in [0.25, 0.3) is 22.2 Å². The van der Waals surface area contributed by atoms with Gasteiger partial charge in [0.15, 0.2) is 0 Å². The summed E-state index contributed by atoms with van der Waals surface area (Å²) in [6, 6.07) is 11.1. The lowest BCUT2D eigenvalue weighted by molar-refractivity contribution is -0.268. The first-order chi connectivity index (χ1) is 10.5. The standard InChI is InChI=1S/C17H12ClNO3/c1-9-15(17(21)22)13-8-11(18)4-7-14(13)19-16(9)10-2-5-12(20)6-3-10/h2-8,20H,1H3,(H,21,22)/p-1. The molecule has 4 nitrogen and oxygen atoms in total. The van der Waals surface area contributed by atoms with Crippen LogP contribution >= 0.6 is 11.6 Å². The van der Waals surface area contributed by atoms with Gasteiger partial charge in [0, 0.05) is 16.0 Å². The van der Waals surface area contributed by atoms with Gasteiger partial charge in [0.1, 0.15) is 0 Å². The molecule has 0 spiro atoms. The van der Waals surface area contributed by atoms with E-state index in [2.05, 4.69) is 4.98 Å². The molecule has 5 heteroatoms. The number of rotatable bonds is 2. The van der Waals surface area contributed by atoms with Gasteiger partial charge < -0.3 is 10.2 Å². The smallest absolute Gasteiger partial charge is 0.336 e. The third kappa shape index (κ3) is 2.38. The van der Waals surface area contributed by atoms with Crippen LogP contribution in [-0.4, -0.2) is 16.1 Å². The summed E-state index contributed by atoms with van der Waals surface area (Å²) in [5, 5.41) is 21.7. The van der Waals surface area contributed by atoms with Crippen LogP contribution < -0.4 is 5.11 Å². The molecule has 0 unspecified atom stereocenters. The fraction of sp³-hybridized carbons (Fsp3) is 0.0588. The van der Waals surface area contributed by atoms with Gasteiger partial charge in [0.2, 0.25) is 0 Å². The quantitative estimate of drug-likeness (QED) is 0.784. The van der Waals surface area contributed by atoms with Gasteiger partial charge in [-0.25, -0.2) is 9.78 Å². The molecule has 1 heterocycles. The monoisotopic (exact) mass is 312 g/mol. The minimum absolute atomic E-state index is 0.104. The largest absolute Gasteiger partial charge is 0.872 e. The van der Waals surface area contributed by atoms with E-state index in [4.69, 9.17) is 11.6 Å². The normalized spacial score (nSPS) is 10.8. The maximum atomic E-state index is 11.7. The average molecular weight is 313 g/mol. The Morgan fingerprint density at radius 2 is 1.86 bits per heavy atom. The lowest BCUT2D eigenvalue weighted by Gasteiger charge is -2.13. The molecular weight excluding hydrogens is 302 g/mol.